The molecule has 19 heavy (non-hydrogen) atoms. The number of hydrogen-bond acceptors (Lipinski definition) is 4. The molecule has 0 atom stereocenters. The van der Waals surface area contributed by atoms with Crippen LogP contribution in [0.4, 0.5) is 0 Å². The molecule has 1 aliphatic heterocycles. The Morgan fingerprint density at radius 2 is 1.79 bits per heavy atom. The van der Waals surface area contributed by atoms with Crippen LogP contribution in [0, 0.1) is 0 Å². The summed E-state index contributed by atoms with van der Waals surface area (Å²) in [4.78, 5) is 25.9. The largest absolute Gasteiger partial charge is 0.497 e. The smallest absolute Gasteiger partial charge is 0.267 e. The van der Waals surface area contributed by atoms with Crippen molar-refractivity contribution in [2.75, 3.05) is 19.9 Å². The summed E-state index contributed by atoms with van der Waals surface area (Å²) in [5, 5.41) is 0. The van der Waals surface area contributed by atoms with E-state index in [4.69, 9.17) is 4.74 Å². The molecule has 100 valence electrons. The Morgan fingerprint density at radius 3 is 2.32 bits per heavy atom. The van der Waals surface area contributed by atoms with Crippen LogP contribution in [0.25, 0.3) is 5.57 Å². The number of thioether (sulfide) groups is 1. The molecule has 1 aromatic rings. The van der Waals surface area contributed by atoms with Crippen LogP contribution in [0.3, 0.4) is 0 Å². The summed E-state index contributed by atoms with van der Waals surface area (Å²) in [5.41, 5.74) is 1.24. The lowest BCUT2D eigenvalue weighted by Gasteiger charge is -2.07. The van der Waals surface area contributed by atoms with Gasteiger partial charge < -0.3 is 4.74 Å². The molecule has 0 bridgehead atoms. The molecular formula is C14H15NO3S. The molecule has 0 unspecified atom stereocenters. The molecule has 0 spiro atoms. The van der Waals surface area contributed by atoms with E-state index in [0.29, 0.717) is 10.5 Å². The fourth-order valence-electron chi connectivity index (χ4n) is 1.91. The normalized spacial score (nSPS) is 15.4. The molecule has 0 saturated carbocycles. The molecule has 1 aromatic carbocycles. The summed E-state index contributed by atoms with van der Waals surface area (Å²) in [6.45, 7) is 1.96. The summed E-state index contributed by atoms with van der Waals surface area (Å²) < 4.78 is 5.09. The Hall–Kier alpha value is -1.75. The van der Waals surface area contributed by atoms with E-state index in [0.717, 1.165) is 22.0 Å². The number of hydrogen-bond donors (Lipinski definition) is 0. The first-order chi connectivity index (χ1) is 9.10. The molecule has 0 radical (unpaired) electrons. The van der Waals surface area contributed by atoms with Gasteiger partial charge in [-0.05, 0) is 23.4 Å². The summed E-state index contributed by atoms with van der Waals surface area (Å²) in [5.74, 6) is 1.01. The van der Waals surface area contributed by atoms with E-state index in [1.54, 1.807) is 31.4 Å². The summed E-state index contributed by atoms with van der Waals surface area (Å²) in [6, 6.07) is 7.17. The lowest BCUT2D eigenvalue weighted by Crippen LogP contribution is -2.26. The third-order valence-electron chi connectivity index (χ3n) is 2.91. The van der Waals surface area contributed by atoms with E-state index in [9.17, 15) is 9.59 Å². The number of carbonyl (C=O) groups excluding carboxylic acids is 2. The predicted octanol–water partition coefficient (Wildman–Crippen LogP) is 2.16. The van der Waals surface area contributed by atoms with Crippen molar-refractivity contribution in [3.63, 3.8) is 0 Å². The molecule has 0 aromatic heterocycles. The number of likely N-dealkylation sites (N-methyl/N-ethyl adjacent to an activating group) is 1. The third-order valence-corrected chi connectivity index (χ3v) is 3.87. The maximum absolute atomic E-state index is 12.2. The van der Waals surface area contributed by atoms with E-state index in [-0.39, 0.29) is 11.8 Å². The number of methoxy groups -OCH3 is 1. The Morgan fingerprint density at radius 1 is 1.16 bits per heavy atom. The highest BCUT2D eigenvalue weighted by Crippen LogP contribution is 2.35. The lowest BCUT2D eigenvalue weighted by atomic mass is 10.1. The molecule has 1 aliphatic rings. The SMILES string of the molecule is CCSC1=C(c2ccc(OC)cc2)C(=O)N(C)C1=O. The Labute approximate surface area is 116 Å². The minimum Gasteiger partial charge on any atom is -0.497 e. The number of imide groups is 1. The lowest BCUT2D eigenvalue weighted by molar-refractivity contribution is -0.134. The van der Waals surface area contributed by atoms with Crippen molar-refractivity contribution < 1.29 is 14.3 Å². The molecule has 5 heteroatoms. The van der Waals surface area contributed by atoms with Crippen molar-refractivity contribution in [1.82, 2.24) is 4.90 Å². The highest BCUT2D eigenvalue weighted by atomic mass is 32.2. The summed E-state index contributed by atoms with van der Waals surface area (Å²) in [7, 11) is 3.10. The average molecular weight is 277 g/mol. The molecule has 0 fully saturated rings. The van der Waals surface area contributed by atoms with Crippen LogP contribution >= 0.6 is 11.8 Å². The van der Waals surface area contributed by atoms with E-state index in [1.807, 2.05) is 6.92 Å². The van der Waals surface area contributed by atoms with Gasteiger partial charge in [-0.25, -0.2) is 0 Å². The van der Waals surface area contributed by atoms with Crippen LogP contribution < -0.4 is 4.74 Å². The van der Waals surface area contributed by atoms with Gasteiger partial charge in [0, 0.05) is 7.05 Å². The van der Waals surface area contributed by atoms with Crippen molar-refractivity contribution >= 4 is 29.1 Å². The second-order valence-electron chi connectivity index (χ2n) is 4.03. The van der Waals surface area contributed by atoms with E-state index in [1.165, 1.54) is 18.8 Å². The second kappa shape index (κ2) is 5.48. The summed E-state index contributed by atoms with van der Waals surface area (Å²) in [6.07, 6.45) is 0. The quantitative estimate of drug-likeness (QED) is 0.791. The van der Waals surface area contributed by atoms with Gasteiger partial charge in [-0.3, -0.25) is 14.5 Å². The Balaban J connectivity index is 2.48. The first kappa shape index (κ1) is 13.7. The molecule has 1 heterocycles. The fraction of sp³-hybridized carbons (Fsp3) is 0.286. The van der Waals surface area contributed by atoms with Gasteiger partial charge in [-0.15, -0.1) is 11.8 Å². The van der Waals surface area contributed by atoms with E-state index < -0.39 is 0 Å². The number of benzene rings is 1. The minimum absolute atomic E-state index is 0.220. The number of carbonyl (C=O) groups is 2. The molecule has 0 N–H and O–H groups in total. The molecule has 0 saturated heterocycles. The van der Waals surface area contributed by atoms with Gasteiger partial charge in [0.25, 0.3) is 11.8 Å². The van der Waals surface area contributed by atoms with Gasteiger partial charge in [-0.1, -0.05) is 19.1 Å². The molecular weight excluding hydrogens is 262 g/mol. The van der Waals surface area contributed by atoms with Gasteiger partial charge in [0.15, 0.2) is 0 Å². The topological polar surface area (TPSA) is 46.6 Å². The van der Waals surface area contributed by atoms with Crippen molar-refractivity contribution in [3.05, 3.63) is 34.7 Å². The highest BCUT2D eigenvalue weighted by Gasteiger charge is 2.36. The Bertz CT molecular complexity index is 548. The van der Waals surface area contributed by atoms with Crippen molar-refractivity contribution in [2.24, 2.45) is 0 Å². The van der Waals surface area contributed by atoms with Crippen LogP contribution in [-0.4, -0.2) is 36.6 Å². The third kappa shape index (κ3) is 2.38. The first-order valence-corrected chi connectivity index (χ1v) is 6.92. The zero-order valence-corrected chi connectivity index (χ0v) is 11.9. The van der Waals surface area contributed by atoms with Gasteiger partial charge in [-0.2, -0.15) is 0 Å². The standard InChI is InChI=1S/C14H15NO3S/c1-4-19-12-11(13(16)15(2)14(12)17)9-5-7-10(18-3)8-6-9/h5-8H,4H2,1-3H3. The Kier molecular flexibility index (Phi) is 3.95. The van der Waals surface area contributed by atoms with Crippen molar-refractivity contribution in [3.8, 4) is 5.75 Å². The van der Waals surface area contributed by atoms with E-state index >= 15 is 0 Å². The van der Waals surface area contributed by atoms with Crippen molar-refractivity contribution in [1.29, 1.82) is 0 Å². The number of ether oxygens (including phenoxy) is 1. The second-order valence-corrected chi connectivity index (χ2v) is 5.31. The van der Waals surface area contributed by atoms with E-state index in [2.05, 4.69) is 0 Å². The minimum atomic E-state index is -0.244. The zero-order chi connectivity index (χ0) is 14.0. The van der Waals surface area contributed by atoms with Gasteiger partial charge >= 0.3 is 0 Å². The number of amides is 2. The van der Waals surface area contributed by atoms with Gasteiger partial charge in [0.1, 0.15) is 5.75 Å². The zero-order valence-electron chi connectivity index (χ0n) is 11.1. The first-order valence-electron chi connectivity index (χ1n) is 5.94. The molecule has 0 aliphatic carbocycles. The van der Waals surface area contributed by atoms with Gasteiger partial charge in [0.2, 0.25) is 0 Å². The highest BCUT2D eigenvalue weighted by molar-refractivity contribution is 8.04. The average Bonchev–Trinajstić information content (AvgIpc) is 2.64. The fourth-order valence-corrected chi connectivity index (χ4v) is 2.81. The van der Waals surface area contributed by atoms with Crippen molar-refractivity contribution in [2.45, 2.75) is 6.92 Å². The van der Waals surface area contributed by atoms with Gasteiger partial charge in [0.05, 0.1) is 17.6 Å². The molecule has 2 rings (SSSR count). The number of rotatable bonds is 4. The number of nitrogens with zero attached hydrogens (tertiary/aromatic N) is 1. The van der Waals surface area contributed by atoms with Crippen LogP contribution in [0.15, 0.2) is 29.2 Å². The van der Waals surface area contributed by atoms with Crippen LogP contribution in [0.2, 0.25) is 0 Å². The maximum Gasteiger partial charge on any atom is 0.267 e. The van der Waals surface area contributed by atoms with Crippen LogP contribution in [0.5, 0.6) is 5.75 Å². The molecule has 4 nitrogen and oxygen atoms in total. The van der Waals surface area contributed by atoms with Crippen LogP contribution in [-0.2, 0) is 9.59 Å². The van der Waals surface area contributed by atoms with Crippen LogP contribution in [0.1, 0.15) is 12.5 Å². The summed E-state index contributed by atoms with van der Waals surface area (Å²) >= 11 is 1.40. The predicted molar refractivity (Wildman–Crippen MR) is 75.8 cm³/mol. The monoisotopic (exact) mass is 277 g/mol. The molecule has 2 amide bonds. The maximum atomic E-state index is 12.2.